The fraction of sp³-hybridized carbons (Fsp3) is 0.583. The molecule has 1 aromatic heterocycles. The number of nitrogens with two attached hydrogens (primary N) is 1. The normalized spacial score (nSPS) is 18.1. The van der Waals surface area contributed by atoms with Crippen molar-refractivity contribution < 1.29 is 8.42 Å². The first-order valence-electron chi connectivity index (χ1n) is 6.61. The molecule has 1 saturated heterocycles. The zero-order valence-corrected chi connectivity index (χ0v) is 12.9. The maximum absolute atomic E-state index is 12.5. The number of hydrogen-bond donors (Lipinski definition) is 2. The first-order chi connectivity index (χ1) is 9.48. The summed E-state index contributed by atoms with van der Waals surface area (Å²) in [4.78, 5) is 4.02. The lowest BCUT2D eigenvalue weighted by Crippen LogP contribution is -2.38. The van der Waals surface area contributed by atoms with Gasteiger partial charge in [-0.2, -0.15) is 4.31 Å². The van der Waals surface area contributed by atoms with Gasteiger partial charge in [0.05, 0.1) is 5.02 Å². The minimum atomic E-state index is -3.52. The molecule has 2 heterocycles. The number of anilines is 1. The highest BCUT2D eigenvalue weighted by molar-refractivity contribution is 7.89. The number of nitrogen functional groups attached to an aromatic ring is 1. The lowest BCUT2D eigenvalue weighted by Gasteiger charge is -2.30. The van der Waals surface area contributed by atoms with Gasteiger partial charge in [0.1, 0.15) is 4.90 Å². The summed E-state index contributed by atoms with van der Waals surface area (Å²) < 4.78 is 26.5. The van der Waals surface area contributed by atoms with E-state index < -0.39 is 10.0 Å². The Bertz CT molecular complexity index is 571. The summed E-state index contributed by atoms with van der Waals surface area (Å²) >= 11 is 5.93. The van der Waals surface area contributed by atoms with Crippen LogP contribution < -0.4 is 11.3 Å². The van der Waals surface area contributed by atoms with Gasteiger partial charge < -0.3 is 5.43 Å². The summed E-state index contributed by atoms with van der Waals surface area (Å²) in [5, 5.41) is 0.192. The summed E-state index contributed by atoms with van der Waals surface area (Å²) in [7, 11) is -3.52. The number of aromatic nitrogens is 1. The first-order valence-corrected chi connectivity index (χ1v) is 8.43. The fourth-order valence-electron chi connectivity index (χ4n) is 2.37. The van der Waals surface area contributed by atoms with Crippen molar-refractivity contribution in [1.29, 1.82) is 0 Å². The summed E-state index contributed by atoms with van der Waals surface area (Å²) in [5.74, 6) is 6.10. The number of hydrazine groups is 1. The van der Waals surface area contributed by atoms with Gasteiger partial charge in [-0.25, -0.2) is 19.2 Å². The molecule has 0 spiro atoms. The SMILES string of the molecule is CCC1CCN(S(=O)(=O)c2cnc(NN)c(Cl)c2)CC1. The van der Waals surface area contributed by atoms with E-state index in [0.717, 1.165) is 19.3 Å². The number of hydrogen-bond acceptors (Lipinski definition) is 5. The average Bonchev–Trinajstić information content (AvgIpc) is 2.47. The standard InChI is InChI=1S/C12H19ClN4O2S/c1-2-9-3-5-17(6-4-9)20(18,19)10-7-11(13)12(16-14)15-8-10/h7-9H,2-6,14H2,1H3,(H,15,16). The Morgan fingerprint density at radius 2 is 2.15 bits per heavy atom. The van der Waals surface area contributed by atoms with Gasteiger partial charge in [0.2, 0.25) is 10.0 Å². The monoisotopic (exact) mass is 318 g/mol. The van der Waals surface area contributed by atoms with Crippen LogP contribution in [0, 0.1) is 5.92 Å². The van der Waals surface area contributed by atoms with Crippen LogP contribution in [0.4, 0.5) is 5.82 Å². The second-order valence-electron chi connectivity index (χ2n) is 4.90. The van der Waals surface area contributed by atoms with Crippen LogP contribution in [0.3, 0.4) is 0 Å². The predicted molar refractivity (Wildman–Crippen MR) is 78.8 cm³/mol. The predicted octanol–water partition coefficient (Wildman–Crippen LogP) is 1.83. The van der Waals surface area contributed by atoms with Crippen LogP contribution >= 0.6 is 11.6 Å². The van der Waals surface area contributed by atoms with Crippen LogP contribution in [0.2, 0.25) is 5.02 Å². The topological polar surface area (TPSA) is 88.3 Å². The third kappa shape index (κ3) is 3.06. The van der Waals surface area contributed by atoms with Crippen molar-refractivity contribution in [2.24, 2.45) is 11.8 Å². The molecule has 0 unspecified atom stereocenters. The molecular formula is C12H19ClN4O2S. The molecule has 8 heteroatoms. The summed E-state index contributed by atoms with van der Waals surface area (Å²) in [6, 6.07) is 1.38. The first kappa shape index (κ1) is 15.5. The van der Waals surface area contributed by atoms with Crippen LogP contribution in [-0.4, -0.2) is 30.8 Å². The molecule has 0 aliphatic carbocycles. The largest absolute Gasteiger partial charge is 0.307 e. The number of rotatable bonds is 4. The van der Waals surface area contributed by atoms with E-state index in [9.17, 15) is 8.42 Å². The number of halogens is 1. The molecule has 112 valence electrons. The molecule has 0 bridgehead atoms. The van der Waals surface area contributed by atoms with E-state index in [0.29, 0.717) is 19.0 Å². The van der Waals surface area contributed by atoms with E-state index in [-0.39, 0.29) is 15.7 Å². The van der Waals surface area contributed by atoms with Crippen molar-refractivity contribution in [2.45, 2.75) is 31.1 Å². The van der Waals surface area contributed by atoms with Crippen LogP contribution in [0.5, 0.6) is 0 Å². The zero-order valence-electron chi connectivity index (χ0n) is 11.3. The molecule has 1 aliphatic rings. The van der Waals surface area contributed by atoms with Crippen LogP contribution in [0.1, 0.15) is 26.2 Å². The van der Waals surface area contributed by atoms with Crippen molar-refractivity contribution >= 4 is 27.4 Å². The van der Waals surface area contributed by atoms with E-state index in [1.807, 2.05) is 0 Å². The molecule has 0 atom stereocenters. The molecule has 1 fully saturated rings. The molecule has 1 aromatic rings. The van der Waals surface area contributed by atoms with Crippen molar-refractivity contribution in [3.05, 3.63) is 17.3 Å². The quantitative estimate of drug-likeness (QED) is 0.653. The maximum atomic E-state index is 12.5. The van der Waals surface area contributed by atoms with Gasteiger partial charge in [0, 0.05) is 19.3 Å². The van der Waals surface area contributed by atoms with E-state index in [2.05, 4.69) is 17.3 Å². The van der Waals surface area contributed by atoms with E-state index in [1.165, 1.54) is 16.6 Å². The van der Waals surface area contributed by atoms with E-state index in [4.69, 9.17) is 17.4 Å². The molecule has 6 nitrogen and oxygen atoms in total. The molecule has 1 aliphatic heterocycles. The Morgan fingerprint density at radius 3 is 2.65 bits per heavy atom. The fourth-order valence-corrected chi connectivity index (χ4v) is 4.10. The minimum Gasteiger partial charge on any atom is -0.307 e. The van der Waals surface area contributed by atoms with Gasteiger partial charge in [-0.3, -0.25) is 0 Å². The Balaban J connectivity index is 2.20. The van der Waals surface area contributed by atoms with Crippen molar-refractivity contribution in [3.63, 3.8) is 0 Å². The lowest BCUT2D eigenvalue weighted by atomic mass is 9.96. The smallest absolute Gasteiger partial charge is 0.244 e. The number of nitrogens with zero attached hydrogens (tertiary/aromatic N) is 2. The van der Waals surface area contributed by atoms with Crippen molar-refractivity contribution in [1.82, 2.24) is 9.29 Å². The van der Waals surface area contributed by atoms with E-state index >= 15 is 0 Å². The van der Waals surface area contributed by atoms with E-state index in [1.54, 1.807) is 0 Å². The molecule has 0 aromatic carbocycles. The zero-order chi connectivity index (χ0) is 14.8. The molecule has 20 heavy (non-hydrogen) atoms. The van der Waals surface area contributed by atoms with Crippen molar-refractivity contribution in [2.75, 3.05) is 18.5 Å². The minimum absolute atomic E-state index is 0.108. The maximum Gasteiger partial charge on any atom is 0.244 e. The Kier molecular flexibility index (Phi) is 4.85. The van der Waals surface area contributed by atoms with Gasteiger partial charge in [-0.15, -0.1) is 0 Å². The van der Waals surface area contributed by atoms with Gasteiger partial charge in [-0.05, 0) is 24.8 Å². The molecule has 2 rings (SSSR count). The van der Waals surface area contributed by atoms with Gasteiger partial charge in [-0.1, -0.05) is 24.9 Å². The highest BCUT2D eigenvalue weighted by atomic mass is 35.5. The van der Waals surface area contributed by atoms with Gasteiger partial charge in [0.25, 0.3) is 0 Å². The molecule has 0 radical (unpaired) electrons. The molecule has 0 amide bonds. The average molecular weight is 319 g/mol. The number of piperidine rings is 1. The highest BCUT2D eigenvalue weighted by Crippen LogP contribution is 2.27. The van der Waals surface area contributed by atoms with Crippen LogP contribution in [0.25, 0.3) is 0 Å². The third-order valence-electron chi connectivity index (χ3n) is 3.74. The lowest BCUT2D eigenvalue weighted by molar-refractivity contribution is 0.269. The van der Waals surface area contributed by atoms with Crippen LogP contribution in [0.15, 0.2) is 17.2 Å². The summed E-state index contributed by atoms with van der Waals surface area (Å²) in [6.07, 6.45) is 4.18. The van der Waals surface area contributed by atoms with Gasteiger partial charge >= 0.3 is 0 Å². The summed E-state index contributed by atoms with van der Waals surface area (Å²) in [6.45, 7) is 3.24. The van der Waals surface area contributed by atoms with Crippen molar-refractivity contribution in [3.8, 4) is 0 Å². The highest BCUT2D eigenvalue weighted by Gasteiger charge is 2.29. The number of sulfonamides is 1. The van der Waals surface area contributed by atoms with Gasteiger partial charge in [0.15, 0.2) is 5.82 Å². The Labute approximate surface area is 124 Å². The third-order valence-corrected chi connectivity index (χ3v) is 5.89. The molecular weight excluding hydrogens is 300 g/mol. The Morgan fingerprint density at radius 1 is 1.50 bits per heavy atom. The Hall–Kier alpha value is -0.890. The second kappa shape index (κ2) is 6.26. The second-order valence-corrected chi connectivity index (χ2v) is 7.25. The molecule has 0 saturated carbocycles. The van der Waals surface area contributed by atoms with Crippen LogP contribution in [-0.2, 0) is 10.0 Å². The number of nitrogens with one attached hydrogen (secondary N) is 1. The molecule has 3 N–H and O–H groups in total. The number of pyridine rings is 1. The summed E-state index contributed by atoms with van der Waals surface area (Å²) in [5.41, 5.74) is 2.32.